The van der Waals surface area contributed by atoms with Gasteiger partial charge in [0.15, 0.2) is 5.82 Å². The molecular formula is C11H11N2O. The number of hydrogen-bond donors (Lipinski definition) is 0. The summed E-state index contributed by atoms with van der Waals surface area (Å²) in [6, 6.07) is 8.00. The lowest BCUT2D eigenvalue weighted by atomic mass is 10.1. The largest absolute Gasteiger partial charge is 0.334 e. The molecule has 3 heteroatoms. The minimum Gasteiger partial charge on any atom is -0.334 e. The summed E-state index contributed by atoms with van der Waals surface area (Å²) in [5, 5.41) is 3.67. The molecule has 0 fully saturated rings. The highest BCUT2D eigenvalue weighted by atomic mass is 16.5. The summed E-state index contributed by atoms with van der Waals surface area (Å²) < 4.78 is 5.07. The van der Waals surface area contributed by atoms with Gasteiger partial charge in [0.2, 0.25) is 0 Å². The van der Waals surface area contributed by atoms with Gasteiger partial charge in [0.05, 0.1) is 0 Å². The molecule has 0 saturated carbocycles. The van der Waals surface area contributed by atoms with E-state index in [9.17, 15) is 0 Å². The lowest BCUT2D eigenvalue weighted by Crippen LogP contribution is -1.86. The molecule has 0 bridgehead atoms. The van der Waals surface area contributed by atoms with Crippen molar-refractivity contribution in [1.82, 2.24) is 10.1 Å². The summed E-state index contributed by atoms with van der Waals surface area (Å²) in [4.78, 5) is 4.10. The maximum Gasteiger partial charge on any atom is 0.258 e. The molecule has 2 rings (SSSR count). The zero-order valence-corrected chi connectivity index (χ0v) is 8.03. The zero-order chi connectivity index (χ0) is 9.97. The van der Waals surface area contributed by atoms with Crippen molar-refractivity contribution in [2.24, 2.45) is 0 Å². The fourth-order valence-electron chi connectivity index (χ4n) is 1.40. The first-order chi connectivity index (χ1) is 6.81. The second-order valence-corrected chi connectivity index (χ2v) is 3.03. The van der Waals surface area contributed by atoms with Crippen molar-refractivity contribution in [3.63, 3.8) is 0 Å². The number of benzene rings is 1. The van der Waals surface area contributed by atoms with E-state index in [0.29, 0.717) is 11.7 Å². The second-order valence-electron chi connectivity index (χ2n) is 3.03. The molecule has 0 amide bonds. The summed E-state index contributed by atoms with van der Waals surface area (Å²) in [5.41, 5.74) is 2.20. The van der Waals surface area contributed by atoms with Crippen molar-refractivity contribution in [3.8, 4) is 11.5 Å². The van der Waals surface area contributed by atoms with Crippen LogP contribution in [0, 0.1) is 6.92 Å². The van der Waals surface area contributed by atoms with E-state index in [-0.39, 0.29) is 0 Å². The van der Waals surface area contributed by atoms with Crippen LogP contribution in [0.2, 0.25) is 0 Å². The van der Waals surface area contributed by atoms with E-state index in [4.69, 9.17) is 4.52 Å². The van der Waals surface area contributed by atoms with Crippen molar-refractivity contribution in [2.45, 2.75) is 13.3 Å². The van der Waals surface area contributed by atoms with E-state index >= 15 is 0 Å². The molecule has 14 heavy (non-hydrogen) atoms. The normalized spacial score (nSPS) is 10.4. The van der Waals surface area contributed by atoms with Crippen LogP contribution in [0.25, 0.3) is 11.5 Å². The lowest BCUT2D eigenvalue weighted by Gasteiger charge is -2.01. The monoisotopic (exact) mass is 187 g/mol. The van der Waals surface area contributed by atoms with E-state index in [2.05, 4.69) is 30.1 Å². The molecule has 1 heterocycles. The first-order valence-electron chi connectivity index (χ1n) is 4.55. The Morgan fingerprint density at radius 1 is 1.36 bits per heavy atom. The van der Waals surface area contributed by atoms with Gasteiger partial charge in [-0.1, -0.05) is 30.3 Å². The van der Waals surface area contributed by atoms with Crippen molar-refractivity contribution < 1.29 is 4.52 Å². The molecule has 0 aliphatic rings. The molecule has 0 atom stereocenters. The summed E-state index contributed by atoms with van der Waals surface area (Å²) >= 11 is 0. The van der Waals surface area contributed by atoms with Crippen molar-refractivity contribution in [1.29, 1.82) is 0 Å². The van der Waals surface area contributed by atoms with E-state index in [0.717, 1.165) is 12.0 Å². The van der Waals surface area contributed by atoms with Gasteiger partial charge in [-0.2, -0.15) is 4.98 Å². The highest BCUT2D eigenvalue weighted by molar-refractivity contribution is 5.58. The predicted molar refractivity (Wildman–Crippen MR) is 53.6 cm³/mol. The van der Waals surface area contributed by atoms with Crippen LogP contribution >= 0.6 is 0 Å². The molecule has 3 nitrogen and oxygen atoms in total. The average molecular weight is 187 g/mol. The Balaban J connectivity index is 2.50. The lowest BCUT2D eigenvalue weighted by molar-refractivity contribution is 0.427. The van der Waals surface area contributed by atoms with E-state index in [1.165, 1.54) is 5.56 Å². The average Bonchev–Trinajstić information content (AvgIpc) is 2.65. The van der Waals surface area contributed by atoms with Gasteiger partial charge in [-0.05, 0) is 18.1 Å². The van der Waals surface area contributed by atoms with Crippen LogP contribution in [-0.4, -0.2) is 10.1 Å². The third-order valence-corrected chi connectivity index (χ3v) is 2.10. The second kappa shape index (κ2) is 3.62. The van der Waals surface area contributed by atoms with Gasteiger partial charge in [-0.15, -0.1) is 0 Å². The molecule has 0 N–H and O–H groups in total. The number of aryl methyl sites for hydroxylation is 1. The SMILES string of the molecule is [CH2]c1noc(-c2ccccc2CC)n1. The van der Waals surface area contributed by atoms with Crippen molar-refractivity contribution >= 4 is 0 Å². The van der Waals surface area contributed by atoms with Gasteiger partial charge in [-0.3, -0.25) is 0 Å². The molecule has 0 aliphatic heterocycles. The van der Waals surface area contributed by atoms with Crippen LogP contribution in [0.5, 0.6) is 0 Å². The van der Waals surface area contributed by atoms with Crippen molar-refractivity contribution in [2.75, 3.05) is 0 Å². The minimum atomic E-state index is 0.422. The number of hydrogen-bond acceptors (Lipinski definition) is 3. The molecule has 1 aromatic carbocycles. The fourth-order valence-corrected chi connectivity index (χ4v) is 1.40. The van der Waals surface area contributed by atoms with Gasteiger partial charge >= 0.3 is 0 Å². The number of rotatable bonds is 2. The molecule has 2 aromatic rings. The molecule has 0 aliphatic carbocycles. The Bertz CT molecular complexity index is 434. The van der Waals surface area contributed by atoms with Gasteiger partial charge in [0.25, 0.3) is 5.89 Å². The third kappa shape index (κ3) is 1.53. The standard InChI is InChI=1S/C11H11N2O/c1-3-9-6-4-5-7-10(9)11-12-8(2)13-14-11/h4-7H,2-3H2,1H3. The van der Waals surface area contributed by atoms with E-state index in [1.54, 1.807) is 0 Å². The Kier molecular flexibility index (Phi) is 2.31. The quantitative estimate of drug-likeness (QED) is 0.725. The first-order valence-corrected chi connectivity index (χ1v) is 4.55. The zero-order valence-electron chi connectivity index (χ0n) is 8.03. The topological polar surface area (TPSA) is 38.9 Å². The molecule has 0 saturated heterocycles. The Hall–Kier alpha value is -1.64. The van der Waals surface area contributed by atoms with Crippen LogP contribution in [0.1, 0.15) is 18.3 Å². The molecule has 0 spiro atoms. The number of nitrogens with zero attached hydrogens (tertiary/aromatic N) is 2. The van der Waals surface area contributed by atoms with Gasteiger partial charge in [0.1, 0.15) is 0 Å². The molecule has 1 radical (unpaired) electrons. The highest BCUT2D eigenvalue weighted by Crippen LogP contribution is 2.21. The number of aromatic nitrogens is 2. The molecule has 71 valence electrons. The van der Waals surface area contributed by atoms with Crippen LogP contribution in [-0.2, 0) is 6.42 Å². The van der Waals surface area contributed by atoms with Crippen molar-refractivity contribution in [3.05, 3.63) is 42.6 Å². The smallest absolute Gasteiger partial charge is 0.258 e. The van der Waals surface area contributed by atoms with Crippen LogP contribution < -0.4 is 0 Å². The predicted octanol–water partition coefficient (Wildman–Crippen LogP) is 2.48. The van der Waals surface area contributed by atoms with Gasteiger partial charge < -0.3 is 4.52 Å². The summed E-state index contributed by atoms with van der Waals surface area (Å²) in [6.07, 6.45) is 0.949. The summed E-state index contributed by atoms with van der Waals surface area (Å²) in [6.45, 7) is 5.70. The maximum atomic E-state index is 5.07. The Morgan fingerprint density at radius 2 is 2.14 bits per heavy atom. The summed E-state index contributed by atoms with van der Waals surface area (Å²) in [7, 11) is 0. The minimum absolute atomic E-state index is 0.422. The Morgan fingerprint density at radius 3 is 2.79 bits per heavy atom. The van der Waals surface area contributed by atoms with Crippen LogP contribution in [0.4, 0.5) is 0 Å². The fraction of sp³-hybridized carbons (Fsp3) is 0.182. The van der Waals surface area contributed by atoms with Crippen LogP contribution in [0.15, 0.2) is 28.8 Å². The molecular weight excluding hydrogens is 176 g/mol. The van der Waals surface area contributed by atoms with E-state index in [1.807, 2.05) is 18.2 Å². The van der Waals surface area contributed by atoms with Gasteiger partial charge in [0, 0.05) is 12.5 Å². The molecule has 0 unspecified atom stereocenters. The maximum absolute atomic E-state index is 5.07. The molecule has 1 aromatic heterocycles. The van der Waals surface area contributed by atoms with Gasteiger partial charge in [-0.25, -0.2) is 0 Å². The van der Waals surface area contributed by atoms with E-state index < -0.39 is 0 Å². The van der Waals surface area contributed by atoms with Crippen LogP contribution in [0.3, 0.4) is 0 Å². The summed E-state index contributed by atoms with van der Waals surface area (Å²) in [5.74, 6) is 0.971. The highest BCUT2D eigenvalue weighted by Gasteiger charge is 2.09. The first kappa shape index (κ1) is 8.94. The Labute approximate surface area is 82.8 Å². The third-order valence-electron chi connectivity index (χ3n) is 2.10.